The van der Waals surface area contributed by atoms with Crippen molar-refractivity contribution in [2.45, 2.75) is 51.6 Å². The minimum atomic E-state index is -0.170. The Hall–Kier alpha value is -1.31. The molecule has 3 unspecified atom stereocenters. The number of ether oxygens (including phenoxy) is 1. The normalized spacial score (nSPS) is 33.0. The van der Waals surface area contributed by atoms with Crippen LogP contribution in [0.5, 0.6) is 0 Å². The first-order valence-electron chi connectivity index (χ1n) is 7.49. The summed E-state index contributed by atoms with van der Waals surface area (Å²) in [6.07, 6.45) is 16.6. The van der Waals surface area contributed by atoms with Crippen LogP contribution in [0.1, 0.15) is 45.4 Å². The second-order valence-corrected chi connectivity index (χ2v) is 6.01. The largest absolute Gasteiger partial charge is 0.457 e. The maximum absolute atomic E-state index is 11.3. The Bertz CT molecular complexity index is 448. The topological polar surface area (TPSA) is 26.3 Å². The van der Waals surface area contributed by atoms with Crippen molar-refractivity contribution < 1.29 is 9.53 Å². The summed E-state index contributed by atoms with van der Waals surface area (Å²) < 4.78 is 5.57. The van der Waals surface area contributed by atoms with Crippen LogP contribution in [-0.4, -0.2) is 12.1 Å². The van der Waals surface area contributed by atoms with Crippen molar-refractivity contribution >= 4 is 5.97 Å². The molecule has 0 radical (unpaired) electrons. The lowest BCUT2D eigenvalue weighted by Gasteiger charge is -2.29. The maximum atomic E-state index is 11.3. The van der Waals surface area contributed by atoms with E-state index >= 15 is 0 Å². The van der Waals surface area contributed by atoms with Crippen LogP contribution in [-0.2, 0) is 9.53 Å². The average Bonchev–Trinajstić information content (AvgIpc) is 2.79. The maximum Gasteiger partial charge on any atom is 0.303 e. The van der Waals surface area contributed by atoms with Gasteiger partial charge in [-0.3, -0.25) is 4.79 Å². The summed E-state index contributed by atoms with van der Waals surface area (Å²) in [5, 5.41) is 0. The minimum Gasteiger partial charge on any atom is -0.457 e. The van der Waals surface area contributed by atoms with Crippen LogP contribution in [0.2, 0.25) is 0 Å². The standard InChI is InChI=1S/C17H22O2/c1-12(18)19-17-15-8-7-14(10-15)11-16(17)9-13-5-3-2-4-6-13/h7-9,11,14-15,17H,2-6,10H2,1H3. The second-order valence-electron chi connectivity index (χ2n) is 6.01. The molecule has 0 spiro atoms. The minimum absolute atomic E-state index is 0.0538. The molecule has 3 rings (SSSR count). The molecular formula is C17H22O2. The smallest absolute Gasteiger partial charge is 0.303 e. The molecule has 2 heteroatoms. The molecule has 0 aliphatic heterocycles. The van der Waals surface area contributed by atoms with Gasteiger partial charge in [-0.2, -0.15) is 0 Å². The number of hydrogen-bond acceptors (Lipinski definition) is 2. The lowest BCUT2D eigenvalue weighted by atomic mass is 9.83. The van der Waals surface area contributed by atoms with Gasteiger partial charge >= 0.3 is 5.97 Å². The first-order chi connectivity index (χ1) is 9.22. The van der Waals surface area contributed by atoms with Crippen LogP contribution >= 0.6 is 0 Å². The molecule has 0 aromatic heterocycles. The molecule has 2 nitrogen and oxygen atoms in total. The van der Waals surface area contributed by atoms with Crippen LogP contribution in [0, 0.1) is 11.8 Å². The first-order valence-corrected chi connectivity index (χ1v) is 7.49. The van der Waals surface area contributed by atoms with Gasteiger partial charge in [-0.25, -0.2) is 0 Å². The summed E-state index contributed by atoms with van der Waals surface area (Å²) in [6.45, 7) is 1.51. The number of fused-ring (bicyclic) bond motifs is 2. The van der Waals surface area contributed by atoms with Crippen LogP contribution in [0.15, 0.2) is 35.5 Å². The third-order valence-corrected chi connectivity index (χ3v) is 4.43. The highest BCUT2D eigenvalue weighted by Gasteiger charge is 2.34. The molecule has 102 valence electrons. The fraction of sp³-hybridized carbons (Fsp3) is 0.588. The fourth-order valence-corrected chi connectivity index (χ4v) is 3.54. The van der Waals surface area contributed by atoms with E-state index in [4.69, 9.17) is 4.74 Å². The monoisotopic (exact) mass is 258 g/mol. The van der Waals surface area contributed by atoms with Crippen molar-refractivity contribution in [2.75, 3.05) is 0 Å². The zero-order valence-electron chi connectivity index (χ0n) is 11.6. The summed E-state index contributed by atoms with van der Waals surface area (Å²) in [4.78, 5) is 11.3. The van der Waals surface area contributed by atoms with Gasteiger partial charge in [-0.15, -0.1) is 0 Å². The Morgan fingerprint density at radius 3 is 2.79 bits per heavy atom. The average molecular weight is 258 g/mol. The van der Waals surface area contributed by atoms with Crippen LogP contribution in [0.25, 0.3) is 0 Å². The molecule has 1 fully saturated rings. The SMILES string of the molecule is CC(=O)OC1C(C=C2CCCCC2)=CC2C=CC1C2. The molecule has 0 saturated heterocycles. The number of esters is 1. The van der Waals surface area contributed by atoms with E-state index in [0.717, 1.165) is 6.42 Å². The predicted octanol–water partition coefficient (Wildman–Crippen LogP) is 3.94. The lowest BCUT2D eigenvalue weighted by Crippen LogP contribution is -2.29. The van der Waals surface area contributed by atoms with Gasteiger partial charge in [0.2, 0.25) is 0 Å². The summed E-state index contributed by atoms with van der Waals surface area (Å²) in [7, 11) is 0. The second kappa shape index (κ2) is 5.36. The molecule has 3 atom stereocenters. The van der Waals surface area contributed by atoms with E-state index in [1.165, 1.54) is 50.2 Å². The van der Waals surface area contributed by atoms with E-state index in [-0.39, 0.29) is 12.1 Å². The van der Waals surface area contributed by atoms with Crippen molar-refractivity contribution in [1.29, 1.82) is 0 Å². The van der Waals surface area contributed by atoms with Gasteiger partial charge in [0.25, 0.3) is 0 Å². The highest BCUT2D eigenvalue weighted by molar-refractivity contribution is 5.67. The number of hydrogen-bond donors (Lipinski definition) is 0. The van der Waals surface area contributed by atoms with E-state index in [1.54, 1.807) is 0 Å². The van der Waals surface area contributed by atoms with E-state index in [2.05, 4.69) is 24.3 Å². The molecule has 0 aromatic carbocycles. The highest BCUT2D eigenvalue weighted by atomic mass is 16.5. The van der Waals surface area contributed by atoms with Crippen LogP contribution in [0.3, 0.4) is 0 Å². The number of carbonyl (C=O) groups is 1. The molecule has 2 bridgehead atoms. The molecule has 3 aliphatic rings. The van der Waals surface area contributed by atoms with Crippen LogP contribution < -0.4 is 0 Å². The molecule has 19 heavy (non-hydrogen) atoms. The quantitative estimate of drug-likeness (QED) is 0.554. The Morgan fingerprint density at radius 1 is 1.26 bits per heavy atom. The molecule has 1 saturated carbocycles. The Balaban J connectivity index is 1.82. The number of allylic oxidation sites excluding steroid dienone is 3. The zero-order valence-corrected chi connectivity index (χ0v) is 11.6. The van der Waals surface area contributed by atoms with Gasteiger partial charge in [0.1, 0.15) is 6.10 Å². The van der Waals surface area contributed by atoms with Crippen molar-refractivity contribution in [3.8, 4) is 0 Å². The van der Waals surface area contributed by atoms with Crippen molar-refractivity contribution in [1.82, 2.24) is 0 Å². The molecule has 0 aromatic rings. The van der Waals surface area contributed by atoms with E-state index < -0.39 is 0 Å². The van der Waals surface area contributed by atoms with Crippen LogP contribution in [0.4, 0.5) is 0 Å². The molecule has 0 amide bonds. The first kappa shape index (κ1) is 12.7. The van der Waals surface area contributed by atoms with Gasteiger partial charge in [0.15, 0.2) is 0 Å². The van der Waals surface area contributed by atoms with Gasteiger partial charge in [-0.1, -0.05) is 36.3 Å². The number of rotatable bonds is 2. The third kappa shape index (κ3) is 2.83. The number of carbonyl (C=O) groups excluding carboxylic acids is 1. The van der Waals surface area contributed by atoms with Crippen molar-refractivity contribution in [3.05, 3.63) is 35.5 Å². The summed E-state index contributed by atoms with van der Waals surface area (Å²) in [6, 6.07) is 0. The van der Waals surface area contributed by atoms with Gasteiger partial charge in [0.05, 0.1) is 0 Å². The fourth-order valence-electron chi connectivity index (χ4n) is 3.54. The van der Waals surface area contributed by atoms with Gasteiger partial charge in [0, 0.05) is 12.8 Å². The third-order valence-electron chi connectivity index (χ3n) is 4.43. The summed E-state index contributed by atoms with van der Waals surface area (Å²) in [5.74, 6) is 0.762. The molecule has 0 heterocycles. The molecular weight excluding hydrogens is 236 g/mol. The summed E-state index contributed by atoms with van der Waals surface area (Å²) in [5.41, 5.74) is 2.77. The van der Waals surface area contributed by atoms with Crippen molar-refractivity contribution in [3.63, 3.8) is 0 Å². The molecule has 0 N–H and O–H groups in total. The Kier molecular flexibility index (Phi) is 3.58. The highest BCUT2D eigenvalue weighted by Crippen LogP contribution is 2.39. The Morgan fingerprint density at radius 2 is 2.05 bits per heavy atom. The van der Waals surface area contributed by atoms with Gasteiger partial charge in [-0.05, 0) is 43.6 Å². The molecule has 3 aliphatic carbocycles. The predicted molar refractivity (Wildman–Crippen MR) is 75.5 cm³/mol. The van der Waals surface area contributed by atoms with E-state index in [1.807, 2.05) is 0 Å². The Labute approximate surface area is 115 Å². The van der Waals surface area contributed by atoms with Crippen molar-refractivity contribution in [2.24, 2.45) is 11.8 Å². The summed E-state index contributed by atoms with van der Waals surface area (Å²) >= 11 is 0. The van der Waals surface area contributed by atoms with E-state index in [0.29, 0.717) is 11.8 Å². The zero-order chi connectivity index (χ0) is 13.2. The lowest BCUT2D eigenvalue weighted by molar-refractivity contribution is -0.146. The van der Waals surface area contributed by atoms with E-state index in [9.17, 15) is 4.79 Å². The van der Waals surface area contributed by atoms with Gasteiger partial charge < -0.3 is 4.74 Å².